The van der Waals surface area contributed by atoms with Crippen LogP contribution < -0.4 is 10.6 Å². The maximum absolute atomic E-state index is 13.3. The first kappa shape index (κ1) is 15.0. The van der Waals surface area contributed by atoms with Crippen LogP contribution in [0.5, 0.6) is 0 Å². The molecule has 0 aromatic heterocycles. The van der Waals surface area contributed by atoms with Crippen molar-refractivity contribution in [3.8, 4) is 0 Å². The smallest absolute Gasteiger partial charge is 0.238 e. The molecule has 5 heteroatoms. The lowest BCUT2D eigenvalue weighted by molar-refractivity contribution is -0.115. The molecule has 1 aromatic rings. The Morgan fingerprint density at radius 3 is 2.83 bits per heavy atom. The summed E-state index contributed by atoms with van der Waals surface area (Å²) in [6.45, 7) is 3.13. The van der Waals surface area contributed by atoms with E-state index in [9.17, 15) is 9.18 Å². The lowest BCUT2D eigenvalue weighted by Gasteiger charge is -2.09. The second-order valence-corrected chi connectivity index (χ2v) is 5.32. The third-order valence-electron chi connectivity index (χ3n) is 2.56. The predicted molar refractivity (Wildman–Crippen MR) is 75.5 cm³/mol. The second kappa shape index (κ2) is 8.11. The number of anilines is 1. The van der Waals surface area contributed by atoms with Gasteiger partial charge in [-0.15, -0.1) is 0 Å². The van der Waals surface area contributed by atoms with Crippen LogP contribution in [0.2, 0.25) is 0 Å². The number of amides is 1. The SMILES string of the molecule is CSC(C)CCNCC(=O)Nc1ccccc1F. The normalized spacial score (nSPS) is 12.2. The van der Waals surface area contributed by atoms with Crippen molar-refractivity contribution in [1.29, 1.82) is 0 Å². The lowest BCUT2D eigenvalue weighted by Crippen LogP contribution is -2.29. The molecule has 0 saturated heterocycles. The van der Waals surface area contributed by atoms with Crippen LogP contribution in [0.1, 0.15) is 13.3 Å². The number of carbonyl (C=O) groups excluding carboxylic acids is 1. The van der Waals surface area contributed by atoms with E-state index < -0.39 is 5.82 Å². The first-order valence-electron chi connectivity index (χ1n) is 5.91. The lowest BCUT2D eigenvalue weighted by atomic mass is 10.3. The number of carbonyl (C=O) groups is 1. The number of benzene rings is 1. The molecule has 1 aromatic carbocycles. The van der Waals surface area contributed by atoms with E-state index in [0.29, 0.717) is 5.25 Å². The number of para-hydroxylation sites is 1. The van der Waals surface area contributed by atoms with Crippen molar-refractivity contribution >= 4 is 23.4 Å². The first-order chi connectivity index (χ1) is 8.63. The van der Waals surface area contributed by atoms with Crippen LogP contribution in [0.15, 0.2) is 24.3 Å². The number of hydrogen-bond donors (Lipinski definition) is 2. The molecule has 0 aliphatic carbocycles. The minimum Gasteiger partial charge on any atom is -0.322 e. The van der Waals surface area contributed by atoms with Crippen molar-refractivity contribution in [2.75, 3.05) is 24.7 Å². The molecule has 0 fully saturated rings. The number of thioether (sulfide) groups is 1. The second-order valence-electron chi connectivity index (χ2n) is 4.04. The Labute approximate surface area is 112 Å². The maximum atomic E-state index is 13.3. The minimum absolute atomic E-state index is 0.204. The van der Waals surface area contributed by atoms with E-state index in [-0.39, 0.29) is 18.1 Å². The van der Waals surface area contributed by atoms with Crippen molar-refractivity contribution in [3.05, 3.63) is 30.1 Å². The zero-order valence-corrected chi connectivity index (χ0v) is 11.5. The van der Waals surface area contributed by atoms with E-state index in [1.807, 2.05) is 0 Å². The van der Waals surface area contributed by atoms with Crippen LogP contribution in [0.3, 0.4) is 0 Å². The highest BCUT2D eigenvalue weighted by atomic mass is 32.2. The van der Waals surface area contributed by atoms with Gasteiger partial charge in [0.05, 0.1) is 12.2 Å². The standard InChI is InChI=1S/C13H19FN2OS/c1-10(18-2)7-8-15-9-13(17)16-12-6-4-3-5-11(12)14/h3-6,10,15H,7-9H2,1-2H3,(H,16,17). The molecule has 1 rings (SSSR count). The van der Waals surface area contributed by atoms with Gasteiger partial charge in [0, 0.05) is 5.25 Å². The monoisotopic (exact) mass is 270 g/mol. The molecule has 0 saturated carbocycles. The van der Waals surface area contributed by atoms with E-state index in [2.05, 4.69) is 23.8 Å². The zero-order chi connectivity index (χ0) is 13.4. The number of hydrogen-bond acceptors (Lipinski definition) is 3. The third kappa shape index (κ3) is 5.51. The van der Waals surface area contributed by atoms with Gasteiger partial charge in [0.1, 0.15) is 5.82 Å². The Kier molecular flexibility index (Phi) is 6.75. The van der Waals surface area contributed by atoms with Crippen LogP contribution >= 0.6 is 11.8 Å². The Bertz CT molecular complexity index is 387. The third-order valence-corrected chi connectivity index (χ3v) is 3.60. The zero-order valence-electron chi connectivity index (χ0n) is 10.7. The Morgan fingerprint density at radius 2 is 2.17 bits per heavy atom. The van der Waals surface area contributed by atoms with Gasteiger partial charge >= 0.3 is 0 Å². The van der Waals surface area contributed by atoms with Crippen LogP contribution in [-0.2, 0) is 4.79 Å². The molecule has 1 amide bonds. The fraction of sp³-hybridized carbons (Fsp3) is 0.462. The highest BCUT2D eigenvalue weighted by molar-refractivity contribution is 7.99. The van der Waals surface area contributed by atoms with E-state index >= 15 is 0 Å². The maximum Gasteiger partial charge on any atom is 0.238 e. The predicted octanol–water partition coefficient (Wildman–Crippen LogP) is 2.50. The van der Waals surface area contributed by atoms with Crippen molar-refractivity contribution < 1.29 is 9.18 Å². The summed E-state index contributed by atoms with van der Waals surface area (Å²) >= 11 is 1.80. The van der Waals surface area contributed by atoms with Gasteiger partial charge in [-0.25, -0.2) is 4.39 Å². The van der Waals surface area contributed by atoms with E-state index in [1.54, 1.807) is 30.0 Å². The fourth-order valence-electron chi connectivity index (χ4n) is 1.38. The molecule has 2 N–H and O–H groups in total. The van der Waals surface area contributed by atoms with Crippen LogP contribution in [0, 0.1) is 5.82 Å². The van der Waals surface area contributed by atoms with E-state index in [4.69, 9.17) is 0 Å². The first-order valence-corrected chi connectivity index (χ1v) is 7.20. The molecule has 0 aliphatic heterocycles. The average molecular weight is 270 g/mol. The topological polar surface area (TPSA) is 41.1 Å². The fourth-order valence-corrected chi connectivity index (χ4v) is 1.74. The summed E-state index contributed by atoms with van der Waals surface area (Å²) < 4.78 is 13.3. The highest BCUT2D eigenvalue weighted by Gasteiger charge is 2.06. The number of halogens is 1. The van der Waals surface area contributed by atoms with Crippen LogP contribution in [0.4, 0.5) is 10.1 Å². The molecule has 0 radical (unpaired) electrons. The van der Waals surface area contributed by atoms with Gasteiger partial charge in [0.2, 0.25) is 5.91 Å². The van der Waals surface area contributed by atoms with Gasteiger partial charge in [-0.1, -0.05) is 19.1 Å². The Morgan fingerprint density at radius 1 is 1.44 bits per heavy atom. The van der Waals surface area contributed by atoms with Gasteiger partial charge in [-0.2, -0.15) is 11.8 Å². The minimum atomic E-state index is -0.415. The van der Waals surface area contributed by atoms with Crippen molar-refractivity contribution in [2.45, 2.75) is 18.6 Å². The summed E-state index contributed by atoms with van der Waals surface area (Å²) in [5.41, 5.74) is 0.224. The Hall–Kier alpha value is -1.07. The van der Waals surface area contributed by atoms with Crippen LogP contribution in [-0.4, -0.2) is 30.5 Å². The molecule has 3 nitrogen and oxygen atoms in total. The Balaban J connectivity index is 2.24. The molecule has 1 unspecified atom stereocenters. The van der Waals surface area contributed by atoms with Gasteiger partial charge in [-0.05, 0) is 31.4 Å². The molecule has 0 heterocycles. The summed E-state index contributed by atoms with van der Waals surface area (Å²) in [6.07, 6.45) is 3.07. The molecule has 0 spiro atoms. The summed E-state index contributed by atoms with van der Waals surface area (Å²) in [4.78, 5) is 11.5. The van der Waals surface area contributed by atoms with Crippen molar-refractivity contribution in [1.82, 2.24) is 5.32 Å². The van der Waals surface area contributed by atoms with Gasteiger partial charge in [0.25, 0.3) is 0 Å². The quantitative estimate of drug-likeness (QED) is 0.748. The molecular weight excluding hydrogens is 251 g/mol. The molecule has 0 aliphatic rings. The largest absolute Gasteiger partial charge is 0.322 e. The summed E-state index contributed by atoms with van der Waals surface area (Å²) in [5, 5.41) is 6.15. The summed E-state index contributed by atoms with van der Waals surface area (Å²) in [5.74, 6) is -0.640. The molecule has 1 atom stereocenters. The van der Waals surface area contributed by atoms with Gasteiger partial charge < -0.3 is 10.6 Å². The van der Waals surface area contributed by atoms with Crippen LogP contribution in [0.25, 0.3) is 0 Å². The molecule has 18 heavy (non-hydrogen) atoms. The van der Waals surface area contributed by atoms with Gasteiger partial charge in [0.15, 0.2) is 0 Å². The summed E-state index contributed by atoms with van der Waals surface area (Å²) in [6, 6.07) is 6.14. The van der Waals surface area contributed by atoms with Crippen molar-refractivity contribution in [3.63, 3.8) is 0 Å². The number of rotatable bonds is 7. The number of nitrogens with one attached hydrogen (secondary N) is 2. The van der Waals surface area contributed by atoms with Gasteiger partial charge in [-0.3, -0.25) is 4.79 Å². The molecule has 0 bridgehead atoms. The molecule has 100 valence electrons. The van der Waals surface area contributed by atoms with E-state index in [1.165, 1.54) is 6.07 Å². The summed E-state index contributed by atoms with van der Waals surface area (Å²) in [7, 11) is 0. The van der Waals surface area contributed by atoms with Crippen molar-refractivity contribution in [2.24, 2.45) is 0 Å². The highest BCUT2D eigenvalue weighted by Crippen LogP contribution is 2.11. The molecular formula is C13H19FN2OS. The van der Waals surface area contributed by atoms with E-state index in [0.717, 1.165) is 13.0 Å². The average Bonchev–Trinajstić information content (AvgIpc) is 2.37.